The summed E-state index contributed by atoms with van der Waals surface area (Å²) < 4.78 is 0.914. The molecular formula is C13H12BrClOS. The first kappa shape index (κ1) is 13.1. The maximum absolute atomic E-state index is 10.4. The van der Waals surface area contributed by atoms with Crippen LogP contribution >= 0.6 is 38.9 Å². The molecule has 2 rings (SSSR count). The number of thiophene rings is 1. The summed E-state index contributed by atoms with van der Waals surface area (Å²) in [6, 6.07) is 7.56. The average Bonchev–Trinajstić information content (AvgIpc) is 2.57. The van der Waals surface area contributed by atoms with Crippen molar-refractivity contribution in [2.75, 3.05) is 0 Å². The van der Waals surface area contributed by atoms with Crippen molar-refractivity contribution in [1.29, 1.82) is 0 Å². The van der Waals surface area contributed by atoms with Crippen molar-refractivity contribution in [1.82, 2.24) is 0 Å². The van der Waals surface area contributed by atoms with E-state index in [-0.39, 0.29) is 0 Å². The summed E-state index contributed by atoms with van der Waals surface area (Å²) in [5.74, 6) is 0. The lowest BCUT2D eigenvalue weighted by molar-refractivity contribution is 0.220. The molecular weight excluding hydrogens is 320 g/mol. The maximum Gasteiger partial charge on any atom is 0.107 e. The Morgan fingerprint density at radius 2 is 1.94 bits per heavy atom. The fourth-order valence-corrected chi connectivity index (χ4v) is 3.55. The Labute approximate surface area is 118 Å². The fourth-order valence-electron chi connectivity index (χ4n) is 1.81. The summed E-state index contributed by atoms with van der Waals surface area (Å²) in [6.45, 7) is 4.06. The molecule has 1 aromatic heterocycles. The minimum absolute atomic E-state index is 0.579. The largest absolute Gasteiger partial charge is 0.384 e. The normalized spacial score (nSPS) is 12.8. The van der Waals surface area contributed by atoms with Crippen LogP contribution in [0.5, 0.6) is 0 Å². The molecule has 1 aromatic carbocycles. The molecule has 17 heavy (non-hydrogen) atoms. The van der Waals surface area contributed by atoms with Crippen LogP contribution in [0.3, 0.4) is 0 Å². The van der Waals surface area contributed by atoms with Crippen LogP contribution in [0.1, 0.15) is 27.0 Å². The van der Waals surface area contributed by atoms with Gasteiger partial charge in [0.1, 0.15) is 6.10 Å². The first-order chi connectivity index (χ1) is 7.99. The number of aryl methyl sites for hydroxylation is 2. The van der Waals surface area contributed by atoms with Gasteiger partial charge in [0, 0.05) is 24.8 Å². The van der Waals surface area contributed by atoms with Crippen LogP contribution in [0.15, 0.2) is 28.7 Å². The fraction of sp³-hybridized carbons (Fsp3) is 0.231. The minimum atomic E-state index is -0.652. The van der Waals surface area contributed by atoms with Crippen LogP contribution in [0.25, 0.3) is 0 Å². The summed E-state index contributed by atoms with van der Waals surface area (Å²) in [5, 5.41) is 10.9. The van der Waals surface area contributed by atoms with E-state index in [2.05, 4.69) is 15.9 Å². The summed E-state index contributed by atoms with van der Waals surface area (Å²) in [5.41, 5.74) is 1.69. The van der Waals surface area contributed by atoms with Gasteiger partial charge in [-0.1, -0.05) is 33.6 Å². The summed E-state index contributed by atoms with van der Waals surface area (Å²) in [4.78, 5) is 2.33. The number of aliphatic hydroxyl groups is 1. The van der Waals surface area contributed by atoms with Gasteiger partial charge in [-0.15, -0.1) is 11.3 Å². The van der Waals surface area contributed by atoms with Gasteiger partial charge in [0.25, 0.3) is 0 Å². The number of aliphatic hydroxyl groups excluding tert-OH is 1. The Bertz CT molecular complexity index is 550. The molecule has 0 saturated carbocycles. The Balaban J connectivity index is 2.43. The zero-order chi connectivity index (χ0) is 12.6. The molecule has 90 valence electrons. The van der Waals surface area contributed by atoms with Crippen LogP contribution in [0.4, 0.5) is 0 Å². The topological polar surface area (TPSA) is 20.2 Å². The molecule has 1 heterocycles. The first-order valence-corrected chi connectivity index (χ1v) is 7.17. The van der Waals surface area contributed by atoms with Crippen LogP contribution in [0, 0.1) is 13.8 Å². The Morgan fingerprint density at radius 1 is 1.24 bits per heavy atom. The summed E-state index contributed by atoms with van der Waals surface area (Å²) >= 11 is 11.2. The minimum Gasteiger partial charge on any atom is -0.384 e. The number of rotatable bonds is 2. The Morgan fingerprint density at radius 3 is 2.47 bits per heavy atom. The van der Waals surface area contributed by atoms with E-state index in [4.69, 9.17) is 11.6 Å². The van der Waals surface area contributed by atoms with Gasteiger partial charge < -0.3 is 5.11 Å². The standard InChI is InChI=1S/C13H12BrClOS/c1-7-5-11(8(2)17-7)13(16)10-4-3-9(14)6-12(10)15/h3-6,13,16H,1-2H3. The highest BCUT2D eigenvalue weighted by Crippen LogP contribution is 2.34. The van der Waals surface area contributed by atoms with Gasteiger partial charge in [-0.05, 0) is 37.6 Å². The van der Waals surface area contributed by atoms with E-state index in [1.165, 1.54) is 4.88 Å². The molecule has 1 N–H and O–H groups in total. The zero-order valence-corrected chi connectivity index (χ0v) is 12.7. The van der Waals surface area contributed by atoms with Gasteiger partial charge in [0.2, 0.25) is 0 Å². The lowest BCUT2D eigenvalue weighted by Crippen LogP contribution is -2.00. The Hall–Kier alpha value is -0.350. The summed E-state index contributed by atoms with van der Waals surface area (Å²) in [6.07, 6.45) is -0.652. The van der Waals surface area contributed by atoms with Crippen molar-refractivity contribution >= 4 is 38.9 Å². The lowest BCUT2D eigenvalue weighted by atomic mass is 10.0. The molecule has 1 atom stereocenters. The lowest BCUT2D eigenvalue weighted by Gasteiger charge is -2.13. The quantitative estimate of drug-likeness (QED) is 0.833. The molecule has 0 aliphatic carbocycles. The highest BCUT2D eigenvalue weighted by molar-refractivity contribution is 9.10. The zero-order valence-electron chi connectivity index (χ0n) is 9.50. The molecule has 1 unspecified atom stereocenters. The molecule has 4 heteroatoms. The van der Waals surface area contributed by atoms with Gasteiger partial charge in [-0.25, -0.2) is 0 Å². The van der Waals surface area contributed by atoms with Crippen LogP contribution in [-0.2, 0) is 0 Å². The second-order valence-electron chi connectivity index (χ2n) is 3.94. The third-order valence-electron chi connectivity index (χ3n) is 2.63. The van der Waals surface area contributed by atoms with Crippen molar-refractivity contribution in [2.45, 2.75) is 20.0 Å². The molecule has 0 fully saturated rings. The Kier molecular flexibility index (Phi) is 3.93. The summed E-state index contributed by atoms with van der Waals surface area (Å²) in [7, 11) is 0. The highest BCUT2D eigenvalue weighted by Gasteiger charge is 2.17. The molecule has 2 aromatic rings. The molecule has 0 amide bonds. The molecule has 0 bridgehead atoms. The third-order valence-corrected chi connectivity index (χ3v) is 4.43. The third kappa shape index (κ3) is 2.74. The van der Waals surface area contributed by atoms with E-state index in [0.717, 1.165) is 20.5 Å². The predicted octanol–water partition coefficient (Wildman–Crippen LogP) is 4.86. The monoisotopic (exact) mass is 330 g/mol. The van der Waals surface area contributed by atoms with Crippen molar-refractivity contribution < 1.29 is 5.11 Å². The smallest absolute Gasteiger partial charge is 0.107 e. The molecule has 0 aliphatic rings. The van der Waals surface area contributed by atoms with Crippen LogP contribution < -0.4 is 0 Å². The van der Waals surface area contributed by atoms with Gasteiger partial charge in [0.15, 0.2) is 0 Å². The second kappa shape index (κ2) is 5.11. The second-order valence-corrected chi connectivity index (χ2v) is 6.72. The average molecular weight is 332 g/mol. The first-order valence-electron chi connectivity index (χ1n) is 5.19. The van der Waals surface area contributed by atoms with Crippen molar-refractivity contribution in [3.8, 4) is 0 Å². The van der Waals surface area contributed by atoms with E-state index in [9.17, 15) is 5.11 Å². The maximum atomic E-state index is 10.4. The van der Waals surface area contributed by atoms with Gasteiger partial charge in [-0.2, -0.15) is 0 Å². The molecule has 1 nitrogen and oxygen atoms in total. The van der Waals surface area contributed by atoms with Crippen LogP contribution in [0.2, 0.25) is 5.02 Å². The number of benzene rings is 1. The van der Waals surface area contributed by atoms with Crippen molar-refractivity contribution in [3.63, 3.8) is 0 Å². The molecule has 0 spiro atoms. The molecule has 0 radical (unpaired) electrons. The van der Waals surface area contributed by atoms with Gasteiger partial charge >= 0.3 is 0 Å². The van der Waals surface area contributed by atoms with E-state index < -0.39 is 6.10 Å². The van der Waals surface area contributed by atoms with E-state index in [1.54, 1.807) is 17.4 Å². The van der Waals surface area contributed by atoms with Crippen molar-refractivity contribution in [2.24, 2.45) is 0 Å². The SMILES string of the molecule is Cc1cc(C(O)c2ccc(Br)cc2Cl)c(C)s1. The van der Waals surface area contributed by atoms with E-state index in [1.807, 2.05) is 32.0 Å². The predicted molar refractivity (Wildman–Crippen MR) is 77.0 cm³/mol. The molecule has 0 aliphatic heterocycles. The number of hydrogen-bond donors (Lipinski definition) is 1. The number of hydrogen-bond acceptors (Lipinski definition) is 2. The van der Waals surface area contributed by atoms with E-state index >= 15 is 0 Å². The van der Waals surface area contributed by atoms with Gasteiger partial charge in [-0.3, -0.25) is 0 Å². The van der Waals surface area contributed by atoms with Crippen LogP contribution in [-0.4, -0.2) is 5.11 Å². The molecule has 0 saturated heterocycles. The van der Waals surface area contributed by atoms with Gasteiger partial charge in [0.05, 0.1) is 0 Å². The number of halogens is 2. The van der Waals surface area contributed by atoms with Crippen molar-refractivity contribution in [3.05, 3.63) is 54.6 Å². The highest BCUT2D eigenvalue weighted by atomic mass is 79.9. The van der Waals surface area contributed by atoms with E-state index in [0.29, 0.717) is 5.02 Å².